The second-order valence-corrected chi connectivity index (χ2v) is 3.81. The van der Waals surface area contributed by atoms with Crippen LogP contribution in [0.25, 0.3) is 10.9 Å². The van der Waals surface area contributed by atoms with Gasteiger partial charge >= 0.3 is 0 Å². The van der Waals surface area contributed by atoms with Crippen molar-refractivity contribution >= 4 is 10.9 Å². The Labute approximate surface area is 88.5 Å². The number of hydrogen-bond acceptors (Lipinski definition) is 1. The van der Waals surface area contributed by atoms with Crippen LogP contribution >= 0.6 is 0 Å². The Balaban J connectivity index is 2.76. The molecular formula is C12H15FN2. The maximum atomic E-state index is 13.2. The van der Waals surface area contributed by atoms with E-state index in [0.29, 0.717) is 6.54 Å². The molecule has 2 nitrogen and oxygen atoms in total. The molecule has 0 fully saturated rings. The molecule has 0 amide bonds. The minimum absolute atomic E-state index is 0.196. The van der Waals surface area contributed by atoms with E-state index < -0.39 is 0 Å². The molecule has 0 aliphatic rings. The lowest BCUT2D eigenvalue weighted by Crippen LogP contribution is -2.10. The Morgan fingerprint density at radius 2 is 2.07 bits per heavy atom. The van der Waals surface area contributed by atoms with Gasteiger partial charge in [-0.3, -0.25) is 0 Å². The fourth-order valence-electron chi connectivity index (χ4n) is 2.04. The molecule has 2 aromatic rings. The Morgan fingerprint density at radius 1 is 1.33 bits per heavy atom. The molecule has 0 spiro atoms. The lowest BCUT2D eigenvalue weighted by molar-refractivity contribution is 0.627. The average molecular weight is 206 g/mol. The van der Waals surface area contributed by atoms with E-state index in [9.17, 15) is 4.39 Å². The van der Waals surface area contributed by atoms with Crippen molar-refractivity contribution in [3.8, 4) is 0 Å². The predicted octanol–water partition coefficient (Wildman–Crippen LogP) is 2.36. The van der Waals surface area contributed by atoms with Gasteiger partial charge in [-0.05, 0) is 37.6 Å². The highest BCUT2D eigenvalue weighted by atomic mass is 19.1. The third kappa shape index (κ3) is 1.53. The van der Waals surface area contributed by atoms with Crippen LogP contribution in [0, 0.1) is 19.7 Å². The van der Waals surface area contributed by atoms with E-state index in [1.165, 1.54) is 17.3 Å². The number of rotatable bonds is 2. The van der Waals surface area contributed by atoms with Crippen LogP contribution in [-0.2, 0) is 6.54 Å². The molecule has 2 N–H and O–H groups in total. The largest absolute Gasteiger partial charge is 0.343 e. The first-order valence-electron chi connectivity index (χ1n) is 5.10. The van der Waals surface area contributed by atoms with Gasteiger partial charge in [0.25, 0.3) is 0 Å². The number of aryl methyl sites for hydroxylation is 1. The maximum absolute atomic E-state index is 13.2. The third-order valence-electron chi connectivity index (χ3n) is 2.95. The van der Waals surface area contributed by atoms with Gasteiger partial charge in [0, 0.05) is 24.2 Å². The number of nitrogens with zero attached hydrogens (tertiary/aromatic N) is 1. The molecule has 2 rings (SSSR count). The average Bonchev–Trinajstić information content (AvgIpc) is 2.44. The van der Waals surface area contributed by atoms with Crippen LogP contribution in [0.2, 0.25) is 0 Å². The molecule has 0 atom stereocenters. The molecule has 15 heavy (non-hydrogen) atoms. The summed E-state index contributed by atoms with van der Waals surface area (Å²) in [5.74, 6) is -0.196. The molecule has 80 valence electrons. The smallest absolute Gasteiger partial charge is 0.125 e. The Kier molecular flexibility index (Phi) is 2.49. The van der Waals surface area contributed by atoms with E-state index in [1.807, 2.05) is 13.0 Å². The SMILES string of the molecule is Cc1c(C)n(CCN)c2cc(F)ccc12. The summed E-state index contributed by atoms with van der Waals surface area (Å²) < 4.78 is 15.2. The van der Waals surface area contributed by atoms with Gasteiger partial charge in [-0.25, -0.2) is 4.39 Å². The Hall–Kier alpha value is -1.35. The van der Waals surface area contributed by atoms with Crippen LogP contribution in [0.5, 0.6) is 0 Å². The van der Waals surface area contributed by atoms with Crippen molar-refractivity contribution in [1.29, 1.82) is 0 Å². The van der Waals surface area contributed by atoms with E-state index in [2.05, 4.69) is 11.5 Å². The summed E-state index contributed by atoms with van der Waals surface area (Å²) in [5, 5.41) is 1.11. The summed E-state index contributed by atoms with van der Waals surface area (Å²) in [7, 11) is 0. The number of halogens is 1. The predicted molar refractivity (Wildman–Crippen MR) is 60.4 cm³/mol. The maximum Gasteiger partial charge on any atom is 0.125 e. The molecule has 0 bridgehead atoms. The lowest BCUT2D eigenvalue weighted by atomic mass is 10.1. The van der Waals surface area contributed by atoms with Crippen LogP contribution in [0.1, 0.15) is 11.3 Å². The summed E-state index contributed by atoms with van der Waals surface area (Å²) in [6.07, 6.45) is 0. The van der Waals surface area contributed by atoms with E-state index in [4.69, 9.17) is 5.73 Å². The van der Waals surface area contributed by atoms with Gasteiger partial charge in [0.1, 0.15) is 5.82 Å². The highest BCUT2D eigenvalue weighted by Gasteiger charge is 2.10. The zero-order chi connectivity index (χ0) is 11.0. The van der Waals surface area contributed by atoms with Gasteiger partial charge in [0.2, 0.25) is 0 Å². The number of aromatic nitrogens is 1. The fraction of sp³-hybridized carbons (Fsp3) is 0.333. The Bertz CT molecular complexity index is 500. The normalized spacial score (nSPS) is 11.2. The lowest BCUT2D eigenvalue weighted by Gasteiger charge is -2.05. The molecule has 0 aliphatic heterocycles. The van der Waals surface area contributed by atoms with Gasteiger partial charge in [-0.1, -0.05) is 0 Å². The van der Waals surface area contributed by atoms with Crippen LogP contribution in [0.3, 0.4) is 0 Å². The molecule has 0 radical (unpaired) electrons. The number of fused-ring (bicyclic) bond motifs is 1. The molecule has 1 heterocycles. The first-order chi connectivity index (χ1) is 7.15. The molecule has 3 heteroatoms. The molecule has 1 aromatic carbocycles. The monoisotopic (exact) mass is 206 g/mol. The van der Waals surface area contributed by atoms with Crippen molar-refractivity contribution in [2.45, 2.75) is 20.4 Å². The van der Waals surface area contributed by atoms with Crippen LogP contribution in [0.4, 0.5) is 4.39 Å². The first-order valence-corrected chi connectivity index (χ1v) is 5.10. The summed E-state index contributed by atoms with van der Waals surface area (Å²) in [6, 6.07) is 4.91. The number of hydrogen-bond donors (Lipinski definition) is 1. The van der Waals surface area contributed by atoms with Crippen molar-refractivity contribution in [3.05, 3.63) is 35.3 Å². The van der Waals surface area contributed by atoms with Crippen molar-refractivity contribution in [2.75, 3.05) is 6.54 Å². The zero-order valence-electron chi connectivity index (χ0n) is 9.05. The second kappa shape index (κ2) is 3.66. The van der Waals surface area contributed by atoms with Crippen molar-refractivity contribution in [1.82, 2.24) is 4.57 Å². The van der Waals surface area contributed by atoms with Crippen LogP contribution in [0.15, 0.2) is 18.2 Å². The van der Waals surface area contributed by atoms with Crippen molar-refractivity contribution in [3.63, 3.8) is 0 Å². The minimum Gasteiger partial charge on any atom is -0.343 e. The highest BCUT2D eigenvalue weighted by Crippen LogP contribution is 2.25. The van der Waals surface area contributed by atoms with Gasteiger partial charge < -0.3 is 10.3 Å². The van der Waals surface area contributed by atoms with Crippen molar-refractivity contribution < 1.29 is 4.39 Å². The quantitative estimate of drug-likeness (QED) is 0.803. The number of benzene rings is 1. The van der Waals surface area contributed by atoms with E-state index in [-0.39, 0.29) is 5.82 Å². The van der Waals surface area contributed by atoms with E-state index in [1.54, 1.807) is 6.07 Å². The minimum atomic E-state index is -0.196. The Morgan fingerprint density at radius 3 is 2.73 bits per heavy atom. The second-order valence-electron chi connectivity index (χ2n) is 3.81. The first kappa shape index (κ1) is 10.2. The molecule has 0 saturated heterocycles. The van der Waals surface area contributed by atoms with E-state index in [0.717, 1.165) is 17.4 Å². The molecule has 1 aromatic heterocycles. The van der Waals surface area contributed by atoms with Gasteiger partial charge in [0.05, 0.1) is 5.52 Å². The molecule has 0 unspecified atom stereocenters. The van der Waals surface area contributed by atoms with Crippen LogP contribution in [-0.4, -0.2) is 11.1 Å². The molecule has 0 saturated carbocycles. The topological polar surface area (TPSA) is 30.9 Å². The summed E-state index contributed by atoms with van der Waals surface area (Å²) >= 11 is 0. The van der Waals surface area contributed by atoms with Gasteiger partial charge in [-0.15, -0.1) is 0 Å². The van der Waals surface area contributed by atoms with Crippen molar-refractivity contribution in [2.24, 2.45) is 5.73 Å². The molecular weight excluding hydrogens is 191 g/mol. The number of nitrogens with two attached hydrogens (primary N) is 1. The summed E-state index contributed by atoms with van der Waals surface area (Å²) in [5.41, 5.74) is 8.87. The summed E-state index contributed by atoms with van der Waals surface area (Å²) in [6.45, 7) is 5.41. The van der Waals surface area contributed by atoms with Gasteiger partial charge in [-0.2, -0.15) is 0 Å². The zero-order valence-corrected chi connectivity index (χ0v) is 9.05. The third-order valence-corrected chi connectivity index (χ3v) is 2.95. The van der Waals surface area contributed by atoms with E-state index >= 15 is 0 Å². The van der Waals surface area contributed by atoms with Gasteiger partial charge in [0.15, 0.2) is 0 Å². The summed E-state index contributed by atoms with van der Waals surface area (Å²) in [4.78, 5) is 0. The fourth-order valence-corrected chi connectivity index (χ4v) is 2.04. The van der Waals surface area contributed by atoms with Crippen LogP contribution < -0.4 is 5.73 Å². The molecule has 0 aliphatic carbocycles. The highest BCUT2D eigenvalue weighted by molar-refractivity contribution is 5.85. The standard InChI is InChI=1S/C12H15FN2/c1-8-9(2)15(6-5-14)12-7-10(13)3-4-11(8)12/h3-4,7H,5-6,14H2,1-2H3.